The SMILES string of the molecule is COc1nc2c(nc(C(F)(F)F)n2-c2ccccc2)c(C(F)(F)F)c1N. The number of hydrogen-bond acceptors (Lipinski definition) is 4. The van der Waals surface area contributed by atoms with Crippen LogP contribution in [-0.2, 0) is 12.4 Å². The number of rotatable bonds is 2. The maximum absolute atomic E-state index is 13.4. The minimum Gasteiger partial charge on any atom is -0.479 e. The first kappa shape index (κ1) is 17.8. The average Bonchev–Trinajstić information content (AvgIpc) is 2.92. The summed E-state index contributed by atoms with van der Waals surface area (Å²) in [6.07, 6.45) is -10.1. The highest BCUT2D eigenvalue weighted by molar-refractivity contribution is 5.85. The summed E-state index contributed by atoms with van der Waals surface area (Å²) in [6.45, 7) is 0. The van der Waals surface area contributed by atoms with Crippen molar-refractivity contribution in [3.8, 4) is 11.6 Å². The fourth-order valence-corrected chi connectivity index (χ4v) is 2.53. The van der Waals surface area contributed by atoms with E-state index < -0.39 is 46.5 Å². The van der Waals surface area contributed by atoms with Crippen LogP contribution >= 0.6 is 0 Å². The molecular weight excluding hydrogens is 366 g/mol. The molecule has 0 radical (unpaired) electrons. The van der Waals surface area contributed by atoms with Crippen molar-refractivity contribution in [3.05, 3.63) is 41.7 Å². The van der Waals surface area contributed by atoms with Gasteiger partial charge in [0.05, 0.1) is 7.11 Å². The zero-order valence-corrected chi connectivity index (χ0v) is 13.0. The van der Waals surface area contributed by atoms with Crippen LogP contribution in [-0.4, -0.2) is 21.6 Å². The number of imidazole rings is 1. The predicted molar refractivity (Wildman–Crippen MR) is 79.8 cm³/mol. The molecule has 0 aliphatic rings. The number of nitrogens with two attached hydrogens (primary N) is 1. The van der Waals surface area contributed by atoms with Gasteiger partial charge in [0, 0.05) is 5.69 Å². The largest absolute Gasteiger partial charge is 0.479 e. The monoisotopic (exact) mass is 376 g/mol. The van der Waals surface area contributed by atoms with Gasteiger partial charge in [-0.25, -0.2) is 4.98 Å². The Balaban J connectivity index is 2.53. The highest BCUT2D eigenvalue weighted by atomic mass is 19.4. The molecule has 26 heavy (non-hydrogen) atoms. The Morgan fingerprint density at radius 1 is 0.962 bits per heavy atom. The number of halogens is 6. The molecule has 0 unspecified atom stereocenters. The van der Waals surface area contributed by atoms with Crippen LogP contribution in [0.2, 0.25) is 0 Å². The van der Waals surface area contributed by atoms with Crippen LogP contribution in [0, 0.1) is 0 Å². The van der Waals surface area contributed by atoms with E-state index in [1.165, 1.54) is 24.3 Å². The molecule has 2 heterocycles. The number of para-hydroxylation sites is 1. The molecule has 0 bridgehead atoms. The van der Waals surface area contributed by atoms with Gasteiger partial charge in [-0.3, -0.25) is 4.57 Å². The van der Waals surface area contributed by atoms with Gasteiger partial charge in [-0.1, -0.05) is 18.2 Å². The Morgan fingerprint density at radius 3 is 2.08 bits per heavy atom. The molecule has 0 saturated heterocycles. The number of nitrogens with zero attached hydrogens (tertiary/aromatic N) is 3. The molecule has 3 rings (SSSR count). The lowest BCUT2D eigenvalue weighted by Gasteiger charge is -2.14. The third kappa shape index (κ3) is 2.78. The van der Waals surface area contributed by atoms with Gasteiger partial charge in [0.15, 0.2) is 5.65 Å². The molecule has 1 aromatic carbocycles. The van der Waals surface area contributed by atoms with Crippen molar-refractivity contribution in [1.82, 2.24) is 14.5 Å². The van der Waals surface area contributed by atoms with Crippen LogP contribution in [0.3, 0.4) is 0 Å². The van der Waals surface area contributed by atoms with Gasteiger partial charge in [0.2, 0.25) is 11.7 Å². The van der Waals surface area contributed by atoms with Gasteiger partial charge in [0.25, 0.3) is 0 Å². The Morgan fingerprint density at radius 2 is 1.58 bits per heavy atom. The lowest BCUT2D eigenvalue weighted by atomic mass is 10.2. The quantitative estimate of drug-likeness (QED) is 0.686. The van der Waals surface area contributed by atoms with Gasteiger partial charge in [-0.15, -0.1) is 0 Å². The van der Waals surface area contributed by atoms with E-state index in [1.807, 2.05) is 0 Å². The molecule has 0 amide bonds. The summed E-state index contributed by atoms with van der Waals surface area (Å²) in [5.74, 6) is -2.19. The lowest BCUT2D eigenvalue weighted by molar-refractivity contribution is -0.146. The van der Waals surface area contributed by atoms with E-state index in [-0.39, 0.29) is 5.69 Å². The molecule has 5 nitrogen and oxygen atoms in total. The van der Waals surface area contributed by atoms with Crippen LogP contribution in [0.25, 0.3) is 16.9 Å². The minimum atomic E-state index is -5.06. The molecule has 0 aliphatic carbocycles. The first-order valence-electron chi connectivity index (χ1n) is 7.01. The second-order valence-electron chi connectivity index (χ2n) is 5.18. The molecule has 0 atom stereocenters. The van der Waals surface area contributed by atoms with E-state index in [0.29, 0.717) is 4.57 Å². The zero-order valence-electron chi connectivity index (χ0n) is 13.0. The van der Waals surface area contributed by atoms with E-state index >= 15 is 0 Å². The molecule has 2 N–H and O–H groups in total. The maximum atomic E-state index is 13.4. The molecule has 138 valence electrons. The molecule has 0 spiro atoms. The van der Waals surface area contributed by atoms with E-state index in [9.17, 15) is 26.3 Å². The van der Waals surface area contributed by atoms with Crippen molar-refractivity contribution >= 4 is 16.9 Å². The zero-order chi connectivity index (χ0) is 19.3. The Labute approximate surface area is 142 Å². The smallest absolute Gasteiger partial charge is 0.450 e. The highest BCUT2D eigenvalue weighted by Crippen LogP contribution is 2.43. The van der Waals surface area contributed by atoms with Crippen molar-refractivity contribution in [2.75, 3.05) is 12.8 Å². The van der Waals surface area contributed by atoms with Crippen LogP contribution in [0.4, 0.5) is 32.0 Å². The minimum absolute atomic E-state index is 0.0604. The van der Waals surface area contributed by atoms with E-state index in [4.69, 9.17) is 10.5 Å². The molecule has 2 aromatic heterocycles. The van der Waals surface area contributed by atoms with E-state index in [0.717, 1.165) is 7.11 Å². The van der Waals surface area contributed by atoms with Crippen LogP contribution < -0.4 is 10.5 Å². The summed E-state index contributed by atoms with van der Waals surface area (Å²) < 4.78 is 85.8. The Bertz CT molecular complexity index is 962. The number of hydrogen-bond donors (Lipinski definition) is 1. The van der Waals surface area contributed by atoms with Gasteiger partial charge >= 0.3 is 12.4 Å². The standard InChI is InChI=1S/C15H10F6N4O/c1-26-12-9(22)8(14(16,17)18)10-11(24-12)25(7-5-3-2-4-6-7)13(23-10)15(19,20)21/h2-6H,22H2,1H3. The normalized spacial score (nSPS) is 12.6. The highest BCUT2D eigenvalue weighted by Gasteiger charge is 2.43. The summed E-state index contributed by atoms with van der Waals surface area (Å²) in [5.41, 5.74) is 1.22. The fourth-order valence-electron chi connectivity index (χ4n) is 2.53. The van der Waals surface area contributed by atoms with Crippen molar-refractivity contribution in [1.29, 1.82) is 0 Å². The maximum Gasteiger partial charge on any atom is 0.450 e. The summed E-state index contributed by atoms with van der Waals surface area (Å²) in [5, 5.41) is 0. The lowest BCUT2D eigenvalue weighted by Crippen LogP contribution is -2.14. The van der Waals surface area contributed by atoms with Crippen molar-refractivity contribution in [3.63, 3.8) is 0 Å². The second-order valence-corrected chi connectivity index (χ2v) is 5.18. The fraction of sp³-hybridized carbons (Fsp3) is 0.200. The number of benzene rings is 1. The summed E-state index contributed by atoms with van der Waals surface area (Å²) >= 11 is 0. The predicted octanol–water partition coefficient (Wildman–Crippen LogP) is 4.05. The van der Waals surface area contributed by atoms with Crippen molar-refractivity contribution < 1.29 is 31.1 Å². The van der Waals surface area contributed by atoms with Gasteiger partial charge < -0.3 is 10.5 Å². The summed E-state index contributed by atoms with van der Waals surface area (Å²) in [4.78, 5) is 6.91. The van der Waals surface area contributed by atoms with Crippen molar-refractivity contribution in [2.45, 2.75) is 12.4 Å². The van der Waals surface area contributed by atoms with Crippen LogP contribution in [0.5, 0.6) is 5.88 Å². The number of fused-ring (bicyclic) bond motifs is 1. The third-order valence-electron chi connectivity index (χ3n) is 3.54. The average molecular weight is 376 g/mol. The van der Waals surface area contributed by atoms with E-state index in [1.54, 1.807) is 6.07 Å². The van der Waals surface area contributed by atoms with Crippen molar-refractivity contribution in [2.24, 2.45) is 0 Å². The number of alkyl halides is 6. The third-order valence-corrected chi connectivity index (χ3v) is 3.54. The molecule has 0 aliphatic heterocycles. The van der Waals surface area contributed by atoms with Crippen LogP contribution in [0.1, 0.15) is 11.4 Å². The number of nitrogen functional groups attached to an aromatic ring is 1. The number of pyridine rings is 1. The molecule has 3 aromatic rings. The first-order chi connectivity index (χ1) is 12.1. The van der Waals surface area contributed by atoms with Gasteiger partial charge in [-0.05, 0) is 12.1 Å². The molecular formula is C15H10F6N4O. The summed E-state index contributed by atoms with van der Waals surface area (Å²) in [6, 6.07) is 6.98. The second kappa shape index (κ2) is 5.78. The molecule has 11 heteroatoms. The van der Waals surface area contributed by atoms with Gasteiger partial charge in [0.1, 0.15) is 16.8 Å². The Hall–Kier alpha value is -2.98. The molecule has 0 saturated carbocycles. The topological polar surface area (TPSA) is 66.0 Å². The van der Waals surface area contributed by atoms with Crippen LogP contribution in [0.15, 0.2) is 30.3 Å². The Kier molecular flexibility index (Phi) is 3.97. The van der Waals surface area contributed by atoms with E-state index in [2.05, 4.69) is 9.97 Å². The number of anilines is 1. The summed E-state index contributed by atoms with van der Waals surface area (Å²) in [7, 11) is 1.01. The number of aromatic nitrogens is 3. The number of ether oxygens (including phenoxy) is 1. The first-order valence-corrected chi connectivity index (χ1v) is 7.01. The molecule has 0 fully saturated rings. The number of methoxy groups -OCH3 is 1. The van der Waals surface area contributed by atoms with Gasteiger partial charge in [-0.2, -0.15) is 31.3 Å².